The second-order valence-corrected chi connectivity index (χ2v) is 5.79. The van der Waals surface area contributed by atoms with Gasteiger partial charge in [0, 0.05) is 16.8 Å². The van der Waals surface area contributed by atoms with Gasteiger partial charge in [0.05, 0.1) is 18.5 Å². The van der Waals surface area contributed by atoms with Crippen molar-refractivity contribution in [2.24, 2.45) is 5.10 Å². The van der Waals surface area contributed by atoms with Crippen LogP contribution in [0.4, 0.5) is 0 Å². The van der Waals surface area contributed by atoms with E-state index in [1.165, 1.54) is 5.56 Å². The predicted molar refractivity (Wildman–Crippen MR) is 98.7 cm³/mol. The fraction of sp³-hybridized carbons (Fsp3) is 0.150. The van der Waals surface area contributed by atoms with Crippen molar-refractivity contribution >= 4 is 12.1 Å². The summed E-state index contributed by atoms with van der Waals surface area (Å²) in [5, 5.41) is 8.66. The van der Waals surface area contributed by atoms with Gasteiger partial charge in [-0.15, -0.1) is 0 Å². The molecule has 25 heavy (non-hydrogen) atoms. The van der Waals surface area contributed by atoms with Gasteiger partial charge in [0.1, 0.15) is 0 Å². The predicted octanol–water partition coefficient (Wildman–Crippen LogP) is 3.31. The SMILES string of the molecule is Cc1nn(Cc2ccccc2)c(C)c1/C=N/NC(=O)c1ccccc1. The summed E-state index contributed by atoms with van der Waals surface area (Å²) in [4.78, 5) is 12.0. The first-order valence-electron chi connectivity index (χ1n) is 8.11. The van der Waals surface area contributed by atoms with E-state index in [1.807, 2.05) is 54.9 Å². The Labute approximate surface area is 147 Å². The van der Waals surface area contributed by atoms with Crippen molar-refractivity contribution in [2.45, 2.75) is 20.4 Å². The Morgan fingerprint density at radius 1 is 1.08 bits per heavy atom. The maximum atomic E-state index is 12.0. The molecule has 3 rings (SSSR count). The van der Waals surface area contributed by atoms with E-state index in [-0.39, 0.29) is 5.91 Å². The molecule has 0 radical (unpaired) electrons. The van der Waals surface area contributed by atoms with Crippen molar-refractivity contribution < 1.29 is 4.79 Å². The molecule has 1 N–H and O–H groups in total. The van der Waals surface area contributed by atoms with Gasteiger partial charge in [0.2, 0.25) is 0 Å². The van der Waals surface area contributed by atoms with Crippen LogP contribution in [-0.4, -0.2) is 21.9 Å². The summed E-state index contributed by atoms with van der Waals surface area (Å²) in [7, 11) is 0. The van der Waals surface area contributed by atoms with Gasteiger partial charge in [0.15, 0.2) is 0 Å². The number of nitrogens with zero attached hydrogens (tertiary/aromatic N) is 3. The number of aryl methyl sites for hydroxylation is 1. The van der Waals surface area contributed by atoms with E-state index < -0.39 is 0 Å². The van der Waals surface area contributed by atoms with Gasteiger partial charge in [-0.05, 0) is 31.5 Å². The molecule has 0 aliphatic rings. The van der Waals surface area contributed by atoms with Crippen LogP contribution in [0.15, 0.2) is 65.8 Å². The molecule has 1 aromatic heterocycles. The summed E-state index contributed by atoms with van der Waals surface area (Å²) in [5.41, 5.74) is 7.13. The molecule has 5 heteroatoms. The largest absolute Gasteiger partial charge is 0.271 e. The quantitative estimate of drug-likeness (QED) is 0.575. The van der Waals surface area contributed by atoms with Crippen LogP contribution >= 0.6 is 0 Å². The normalized spacial score (nSPS) is 11.0. The lowest BCUT2D eigenvalue weighted by atomic mass is 10.2. The molecule has 0 atom stereocenters. The Balaban J connectivity index is 1.71. The summed E-state index contributed by atoms with van der Waals surface area (Å²) in [6.07, 6.45) is 1.65. The maximum absolute atomic E-state index is 12.0. The van der Waals surface area contributed by atoms with Crippen molar-refractivity contribution in [2.75, 3.05) is 0 Å². The molecule has 0 fully saturated rings. The molecule has 0 saturated heterocycles. The number of carbonyl (C=O) groups excluding carboxylic acids is 1. The monoisotopic (exact) mass is 332 g/mol. The van der Waals surface area contributed by atoms with Crippen LogP contribution in [0, 0.1) is 13.8 Å². The number of benzene rings is 2. The van der Waals surface area contributed by atoms with Crippen LogP contribution in [0.3, 0.4) is 0 Å². The summed E-state index contributed by atoms with van der Waals surface area (Å²) < 4.78 is 1.95. The zero-order chi connectivity index (χ0) is 17.6. The van der Waals surface area contributed by atoms with Gasteiger partial charge in [0.25, 0.3) is 5.91 Å². The lowest BCUT2D eigenvalue weighted by molar-refractivity contribution is 0.0955. The second kappa shape index (κ2) is 7.57. The molecular weight excluding hydrogens is 312 g/mol. The van der Waals surface area contributed by atoms with Crippen LogP contribution in [0.1, 0.15) is 32.9 Å². The van der Waals surface area contributed by atoms with Crippen LogP contribution in [0.2, 0.25) is 0 Å². The molecule has 0 aliphatic heterocycles. The van der Waals surface area contributed by atoms with E-state index in [4.69, 9.17) is 0 Å². The van der Waals surface area contributed by atoms with Gasteiger partial charge >= 0.3 is 0 Å². The van der Waals surface area contributed by atoms with E-state index in [9.17, 15) is 4.79 Å². The maximum Gasteiger partial charge on any atom is 0.271 e. The van der Waals surface area contributed by atoms with Gasteiger partial charge < -0.3 is 0 Å². The molecule has 0 bridgehead atoms. The number of amides is 1. The number of carbonyl (C=O) groups is 1. The number of nitrogens with one attached hydrogen (secondary N) is 1. The highest BCUT2D eigenvalue weighted by Gasteiger charge is 2.10. The minimum absolute atomic E-state index is 0.233. The molecular formula is C20H20N4O. The fourth-order valence-corrected chi connectivity index (χ4v) is 2.62. The molecule has 126 valence electrons. The Hall–Kier alpha value is -3.21. The van der Waals surface area contributed by atoms with Crippen LogP contribution in [-0.2, 0) is 6.54 Å². The molecule has 1 amide bonds. The summed E-state index contributed by atoms with van der Waals surface area (Å²) in [6.45, 7) is 4.65. The lowest BCUT2D eigenvalue weighted by Gasteiger charge is -2.04. The third kappa shape index (κ3) is 4.01. The highest BCUT2D eigenvalue weighted by atomic mass is 16.2. The lowest BCUT2D eigenvalue weighted by Crippen LogP contribution is -2.17. The van der Waals surface area contributed by atoms with E-state index in [0.717, 1.165) is 17.0 Å². The summed E-state index contributed by atoms with van der Waals surface area (Å²) >= 11 is 0. The average molecular weight is 332 g/mol. The number of hydrogen-bond acceptors (Lipinski definition) is 3. The summed E-state index contributed by atoms with van der Waals surface area (Å²) in [5.74, 6) is -0.233. The van der Waals surface area contributed by atoms with Crippen LogP contribution < -0.4 is 5.43 Å². The van der Waals surface area contributed by atoms with Crippen molar-refractivity contribution in [3.8, 4) is 0 Å². The van der Waals surface area contributed by atoms with Crippen molar-refractivity contribution in [3.05, 3.63) is 88.7 Å². The Bertz CT molecular complexity index is 883. The van der Waals surface area contributed by atoms with E-state index in [1.54, 1.807) is 18.3 Å². The van der Waals surface area contributed by atoms with Gasteiger partial charge in [-0.25, -0.2) is 5.43 Å². The Kier molecular flexibility index (Phi) is 5.04. The number of hydrogen-bond donors (Lipinski definition) is 1. The van der Waals surface area contributed by atoms with Crippen LogP contribution in [0.25, 0.3) is 0 Å². The van der Waals surface area contributed by atoms with Crippen molar-refractivity contribution in [1.29, 1.82) is 0 Å². The first-order valence-corrected chi connectivity index (χ1v) is 8.11. The number of rotatable bonds is 5. The molecule has 1 heterocycles. The standard InChI is InChI=1S/C20H20N4O/c1-15-19(13-21-22-20(25)18-11-7-4-8-12-18)16(2)24(23-15)14-17-9-5-3-6-10-17/h3-13H,14H2,1-2H3,(H,22,25)/b21-13+. The van der Waals surface area contributed by atoms with Crippen molar-refractivity contribution in [1.82, 2.24) is 15.2 Å². The molecule has 0 unspecified atom stereocenters. The minimum Gasteiger partial charge on any atom is -0.267 e. The van der Waals surface area contributed by atoms with Crippen molar-refractivity contribution in [3.63, 3.8) is 0 Å². The summed E-state index contributed by atoms with van der Waals surface area (Å²) in [6, 6.07) is 19.2. The molecule has 0 spiro atoms. The van der Waals surface area contributed by atoms with E-state index in [0.29, 0.717) is 12.1 Å². The van der Waals surface area contributed by atoms with Crippen LogP contribution in [0.5, 0.6) is 0 Å². The van der Waals surface area contributed by atoms with E-state index in [2.05, 4.69) is 27.8 Å². The molecule has 2 aromatic carbocycles. The molecule has 0 aliphatic carbocycles. The zero-order valence-electron chi connectivity index (χ0n) is 14.3. The molecule has 5 nitrogen and oxygen atoms in total. The van der Waals surface area contributed by atoms with Gasteiger partial charge in [-0.1, -0.05) is 48.5 Å². The van der Waals surface area contributed by atoms with Gasteiger partial charge in [-0.3, -0.25) is 9.48 Å². The highest BCUT2D eigenvalue weighted by Crippen LogP contribution is 2.12. The Morgan fingerprint density at radius 3 is 2.40 bits per heavy atom. The average Bonchev–Trinajstić information content (AvgIpc) is 2.90. The minimum atomic E-state index is -0.233. The molecule has 0 saturated carbocycles. The first kappa shape index (κ1) is 16.6. The van der Waals surface area contributed by atoms with Gasteiger partial charge in [-0.2, -0.15) is 10.2 Å². The number of aromatic nitrogens is 2. The topological polar surface area (TPSA) is 59.3 Å². The highest BCUT2D eigenvalue weighted by molar-refractivity contribution is 5.95. The second-order valence-electron chi connectivity index (χ2n) is 5.79. The Morgan fingerprint density at radius 2 is 1.72 bits per heavy atom. The smallest absolute Gasteiger partial charge is 0.267 e. The first-order chi connectivity index (χ1) is 12.1. The zero-order valence-corrected chi connectivity index (χ0v) is 14.3. The van der Waals surface area contributed by atoms with E-state index >= 15 is 0 Å². The number of hydrazone groups is 1. The fourth-order valence-electron chi connectivity index (χ4n) is 2.62. The molecule has 3 aromatic rings. The third-order valence-electron chi connectivity index (χ3n) is 4.01. The third-order valence-corrected chi connectivity index (χ3v) is 4.01.